The molecule has 2 heterocycles. The van der Waals surface area contributed by atoms with Gasteiger partial charge in [-0.3, -0.25) is 10.9 Å². The molecule has 0 amide bonds. The Morgan fingerprint density at radius 3 is 1.33 bits per heavy atom. The molecule has 6 nitrogen and oxygen atoms in total. The first kappa shape index (κ1) is 19.1. The van der Waals surface area contributed by atoms with Crippen molar-refractivity contribution >= 4 is 46.1 Å². The molecule has 0 aromatic rings. The fourth-order valence-corrected chi connectivity index (χ4v) is 3.22. The number of thiocarbonyl (C=S) groups is 2. The van der Waals surface area contributed by atoms with Crippen LogP contribution in [0.15, 0.2) is 10.2 Å². The summed E-state index contributed by atoms with van der Waals surface area (Å²) in [6.45, 7) is 7.88. The fraction of sp³-hybridized carbons (Fsp3) is 0.750. The first-order valence-electron chi connectivity index (χ1n) is 8.76. The molecule has 0 aliphatic carbocycles. The summed E-state index contributed by atoms with van der Waals surface area (Å²) in [7, 11) is 0. The second-order valence-corrected chi connectivity index (χ2v) is 7.10. The minimum absolute atomic E-state index is 0.693. The Morgan fingerprint density at radius 2 is 1.00 bits per heavy atom. The molecule has 2 fully saturated rings. The fourth-order valence-electron chi connectivity index (χ4n) is 2.76. The van der Waals surface area contributed by atoms with Crippen LogP contribution in [0.5, 0.6) is 0 Å². The molecule has 2 aliphatic rings. The Balaban J connectivity index is 1.79. The summed E-state index contributed by atoms with van der Waals surface area (Å²) in [6.07, 6.45) is 7.36. The van der Waals surface area contributed by atoms with Gasteiger partial charge in [-0.05, 0) is 76.8 Å². The van der Waals surface area contributed by atoms with Crippen LogP contribution in [0.3, 0.4) is 0 Å². The highest BCUT2D eigenvalue weighted by molar-refractivity contribution is 7.80. The van der Waals surface area contributed by atoms with Crippen molar-refractivity contribution in [2.45, 2.75) is 52.4 Å². The molecule has 0 aromatic carbocycles. The number of hydrogen-bond acceptors (Lipinski definition) is 4. The minimum Gasteiger partial charge on any atom is -0.348 e. The number of nitrogens with zero attached hydrogens (tertiary/aromatic N) is 4. The number of rotatable bonds is 3. The van der Waals surface area contributed by atoms with E-state index in [0.717, 1.165) is 37.6 Å². The lowest BCUT2D eigenvalue weighted by Crippen LogP contribution is -2.41. The van der Waals surface area contributed by atoms with Gasteiger partial charge in [0.15, 0.2) is 10.2 Å². The lowest BCUT2D eigenvalue weighted by molar-refractivity contribution is 0.338. The molecular formula is C16H28N6S2. The number of likely N-dealkylation sites (tertiary alicyclic amines) is 2. The molecule has 0 saturated carbocycles. The summed E-state index contributed by atoms with van der Waals surface area (Å²) in [5, 5.41) is 10.1. The topological polar surface area (TPSA) is 55.3 Å². The first-order chi connectivity index (χ1) is 11.6. The van der Waals surface area contributed by atoms with Gasteiger partial charge in [-0.25, -0.2) is 0 Å². The average molecular weight is 369 g/mol. The number of nitrogens with one attached hydrogen (secondary N) is 2. The monoisotopic (exact) mass is 368 g/mol. The molecular weight excluding hydrogens is 340 g/mol. The second kappa shape index (κ2) is 9.88. The Bertz CT molecular complexity index is 459. The van der Waals surface area contributed by atoms with Gasteiger partial charge in [0.25, 0.3) is 0 Å². The van der Waals surface area contributed by atoms with Gasteiger partial charge in [-0.2, -0.15) is 10.2 Å². The van der Waals surface area contributed by atoms with E-state index in [1.807, 2.05) is 13.8 Å². The van der Waals surface area contributed by atoms with Crippen LogP contribution in [0.2, 0.25) is 0 Å². The molecule has 0 unspecified atom stereocenters. The Morgan fingerprint density at radius 1 is 0.667 bits per heavy atom. The van der Waals surface area contributed by atoms with Crippen LogP contribution in [0.1, 0.15) is 52.4 Å². The predicted molar refractivity (Wildman–Crippen MR) is 109 cm³/mol. The second-order valence-electron chi connectivity index (χ2n) is 6.32. The normalized spacial score (nSPS) is 19.9. The molecule has 134 valence electrons. The molecule has 2 rings (SSSR count). The van der Waals surface area contributed by atoms with Crippen LogP contribution in [0, 0.1) is 0 Å². The van der Waals surface area contributed by atoms with E-state index in [4.69, 9.17) is 24.4 Å². The largest absolute Gasteiger partial charge is 0.348 e. The summed E-state index contributed by atoms with van der Waals surface area (Å²) in [4.78, 5) is 4.34. The van der Waals surface area contributed by atoms with Gasteiger partial charge in [-0.15, -0.1) is 0 Å². The molecule has 0 spiro atoms. The maximum absolute atomic E-state index is 5.40. The van der Waals surface area contributed by atoms with Crippen LogP contribution in [-0.2, 0) is 0 Å². The van der Waals surface area contributed by atoms with E-state index in [9.17, 15) is 0 Å². The number of hydrogen-bond donors (Lipinski definition) is 2. The highest BCUT2D eigenvalue weighted by atomic mass is 32.1. The summed E-state index contributed by atoms with van der Waals surface area (Å²) in [5.41, 5.74) is 7.54. The lowest BCUT2D eigenvalue weighted by Gasteiger charge is -2.28. The van der Waals surface area contributed by atoms with Gasteiger partial charge < -0.3 is 9.80 Å². The van der Waals surface area contributed by atoms with Gasteiger partial charge in [0.2, 0.25) is 0 Å². The summed E-state index contributed by atoms with van der Waals surface area (Å²) >= 11 is 10.8. The number of hydrazone groups is 2. The van der Waals surface area contributed by atoms with Crippen molar-refractivity contribution < 1.29 is 0 Å². The SMILES string of the molecule is CC(=NNC(=S)N1CCCCC1)C(C)=NNC(=S)N1CCCCC1. The van der Waals surface area contributed by atoms with Gasteiger partial charge >= 0.3 is 0 Å². The molecule has 0 aromatic heterocycles. The van der Waals surface area contributed by atoms with Crippen LogP contribution in [0.25, 0.3) is 0 Å². The van der Waals surface area contributed by atoms with E-state index < -0.39 is 0 Å². The maximum atomic E-state index is 5.40. The molecule has 0 radical (unpaired) electrons. The molecule has 8 heteroatoms. The van der Waals surface area contributed by atoms with Crippen molar-refractivity contribution in [1.82, 2.24) is 20.7 Å². The number of piperidine rings is 2. The highest BCUT2D eigenvalue weighted by Crippen LogP contribution is 2.09. The molecule has 2 N–H and O–H groups in total. The molecule has 2 aliphatic heterocycles. The van der Waals surface area contributed by atoms with E-state index >= 15 is 0 Å². The highest BCUT2D eigenvalue weighted by Gasteiger charge is 2.14. The zero-order valence-electron chi connectivity index (χ0n) is 14.7. The van der Waals surface area contributed by atoms with E-state index in [0.29, 0.717) is 10.2 Å². The van der Waals surface area contributed by atoms with Crippen molar-refractivity contribution in [1.29, 1.82) is 0 Å². The summed E-state index contributed by atoms with van der Waals surface area (Å²) < 4.78 is 0. The van der Waals surface area contributed by atoms with Crippen molar-refractivity contribution in [3.8, 4) is 0 Å². The van der Waals surface area contributed by atoms with E-state index in [1.165, 1.54) is 38.5 Å². The van der Waals surface area contributed by atoms with Crippen LogP contribution < -0.4 is 10.9 Å². The molecule has 0 bridgehead atoms. The standard InChI is InChI=1S/C16H28N6S2/c1-13(17-19-15(23)21-9-5-3-6-10-21)14(2)18-20-16(24)22-11-7-4-8-12-22/h3-12H2,1-2H3,(H,19,23)(H,20,24). The maximum Gasteiger partial charge on any atom is 0.189 e. The van der Waals surface area contributed by atoms with Crippen LogP contribution in [-0.4, -0.2) is 57.6 Å². The third kappa shape index (κ3) is 5.98. The third-order valence-electron chi connectivity index (χ3n) is 4.45. The van der Waals surface area contributed by atoms with Crippen molar-refractivity contribution in [3.05, 3.63) is 0 Å². The Hall–Kier alpha value is -1.28. The van der Waals surface area contributed by atoms with E-state index in [2.05, 4.69) is 30.9 Å². The van der Waals surface area contributed by atoms with E-state index in [-0.39, 0.29) is 0 Å². The Kier molecular flexibility index (Phi) is 7.84. The van der Waals surface area contributed by atoms with Crippen molar-refractivity contribution in [2.24, 2.45) is 10.2 Å². The molecule has 0 atom stereocenters. The Labute approximate surface area is 155 Å². The molecule has 2 saturated heterocycles. The average Bonchev–Trinajstić information content (AvgIpc) is 2.64. The smallest absolute Gasteiger partial charge is 0.189 e. The summed E-state index contributed by atoms with van der Waals surface area (Å²) in [6, 6.07) is 0. The van der Waals surface area contributed by atoms with Gasteiger partial charge in [-0.1, -0.05) is 0 Å². The third-order valence-corrected chi connectivity index (χ3v) is 5.15. The van der Waals surface area contributed by atoms with Gasteiger partial charge in [0.05, 0.1) is 11.4 Å². The van der Waals surface area contributed by atoms with Crippen molar-refractivity contribution in [3.63, 3.8) is 0 Å². The molecule has 24 heavy (non-hydrogen) atoms. The van der Waals surface area contributed by atoms with Gasteiger partial charge in [0.1, 0.15) is 0 Å². The zero-order chi connectivity index (χ0) is 17.4. The summed E-state index contributed by atoms with van der Waals surface area (Å²) in [5.74, 6) is 0. The van der Waals surface area contributed by atoms with Crippen LogP contribution in [0.4, 0.5) is 0 Å². The van der Waals surface area contributed by atoms with Crippen molar-refractivity contribution in [2.75, 3.05) is 26.2 Å². The predicted octanol–water partition coefficient (Wildman–Crippen LogP) is 2.46. The lowest BCUT2D eigenvalue weighted by atomic mass is 10.1. The minimum atomic E-state index is 0.693. The van der Waals surface area contributed by atoms with Gasteiger partial charge in [0, 0.05) is 26.2 Å². The zero-order valence-corrected chi connectivity index (χ0v) is 16.3. The van der Waals surface area contributed by atoms with Crippen LogP contribution >= 0.6 is 24.4 Å². The van der Waals surface area contributed by atoms with E-state index in [1.54, 1.807) is 0 Å². The quantitative estimate of drug-likeness (QED) is 0.453. The first-order valence-corrected chi connectivity index (χ1v) is 9.58.